The van der Waals surface area contributed by atoms with Gasteiger partial charge in [-0.2, -0.15) is 0 Å². The molecule has 0 aliphatic heterocycles. The lowest BCUT2D eigenvalue weighted by Crippen LogP contribution is -2.48. The molecule has 0 bridgehead atoms. The number of amides is 2. The van der Waals surface area contributed by atoms with Gasteiger partial charge >= 0.3 is 0 Å². The summed E-state index contributed by atoms with van der Waals surface area (Å²) in [6.45, 7) is 6.79. The molecule has 31 heavy (non-hydrogen) atoms. The monoisotopic (exact) mass is 544 g/mol. The maximum atomic E-state index is 13.1. The van der Waals surface area contributed by atoms with Crippen molar-refractivity contribution in [2.45, 2.75) is 39.1 Å². The third-order valence-electron chi connectivity index (χ3n) is 4.57. The molecule has 1 atom stereocenters. The van der Waals surface area contributed by atoms with Crippen molar-refractivity contribution in [2.75, 3.05) is 12.3 Å². The first-order chi connectivity index (χ1) is 14.7. The van der Waals surface area contributed by atoms with Gasteiger partial charge in [0.1, 0.15) is 6.04 Å². The van der Waals surface area contributed by atoms with Gasteiger partial charge in [0.25, 0.3) is 0 Å². The van der Waals surface area contributed by atoms with Gasteiger partial charge in [-0.05, 0) is 48.2 Å². The normalized spacial score (nSPS) is 12.0. The molecule has 2 aromatic rings. The van der Waals surface area contributed by atoms with E-state index in [-0.39, 0.29) is 17.6 Å². The molecule has 4 nitrogen and oxygen atoms in total. The molecule has 0 spiro atoms. The van der Waals surface area contributed by atoms with Crippen LogP contribution in [0.5, 0.6) is 0 Å². The van der Waals surface area contributed by atoms with Crippen molar-refractivity contribution >= 4 is 62.7 Å². The second-order valence-electron chi connectivity index (χ2n) is 7.71. The zero-order valence-corrected chi connectivity index (χ0v) is 21.7. The third kappa shape index (κ3) is 8.68. The van der Waals surface area contributed by atoms with Crippen LogP contribution >= 0.6 is 50.9 Å². The number of carbonyl (C=O) groups is 2. The summed E-state index contributed by atoms with van der Waals surface area (Å²) >= 11 is 17.0. The number of benzene rings is 2. The van der Waals surface area contributed by atoms with Crippen LogP contribution in [0.4, 0.5) is 0 Å². The van der Waals surface area contributed by atoms with Gasteiger partial charge in [-0.3, -0.25) is 9.59 Å². The Kier molecular flexibility index (Phi) is 10.7. The van der Waals surface area contributed by atoms with Crippen molar-refractivity contribution in [3.8, 4) is 0 Å². The smallest absolute Gasteiger partial charge is 0.242 e. The van der Waals surface area contributed by atoms with Crippen LogP contribution in [0.25, 0.3) is 0 Å². The Hall–Kier alpha value is -1.21. The van der Waals surface area contributed by atoms with Crippen LogP contribution in [-0.2, 0) is 21.9 Å². The average molecular weight is 546 g/mol. The molecular weight excluding hydrogens is 519 g/mol. The lowest BCUT2D eigenvalue weighted by atomic mass is 10.1. The molecule has 0 heterocycles. The number of hydrogen-bond donors (Lipinski definition) is 1. The van der Waals surface area contributed by atoms with Gasteiger partial charge in [-0.25, -0.2) is 0 Å². The molecule has 1 unspecified atom stereocenters. The van der Waals surface area contributed by atoms with Crippen molar-refractivity contribution in [2.24, 2.45) is 5.92 Å². The van der Waals surface area contributed by atoms with Crippen LogP contribution in [0.3, 0.4) is 0 Å². The van der Waals surface area contributed by atoms with E-state index in [1.54, 1.807) is 17.9 Å². The standard InChI is InChI=1S/C23H27BrCl2N2O2S/c1-15(2)11-27-23(30)16(3)28(12-17-5-4-6-19(24)9-17)22(29)14-31-13-18-7-8-20(25)21(26)10-18/h4-10,15-16H,11-14H2,1-3H3,(H,27,30). The molecular formula is C23H27BrCl2N2O2S. The van der Waals surface area contributed by atoms with Gasteiger partial charge in [0.15, 0.2) is 0 Å². The topological polar surface area (TPSA) is 49.4 Å². The zero-order valence-electron chi connectivity index (χ0n) is 17.8. The minimum atomic E-state index is -0.573. The van der Waals surface area contributed by atoms with Crippen LogP contribution in [0.2, 0.25) is 10.0 Å². The summed E-state index contributed by atoms with van der Waals surface area (Å²) in [4.78, 5) is 27.4. The highest BCUT2D eigenvalue weighted by Crippen LogP contribution is 2.25. The molecule has 2 amide bonds. The van der Waals surface area contributed by atoms with E-state index in [1.807, 2.05) is 50.2 Å². The van der Waals surface area contributed by atoms with E-state index in [9.17, 15) is 9.59 Å². The molecule has 0 saturated carbocycles. The molecule has 0 saturated heterocycles. The summed E-state index contributed by atoms with van der Waals surface area (Å²) < 4.78 is 0.934. The predicted molar refractivity (Wildman–Crippen MR) is 135 cm³/mol. The molecule has 0 fully saturated rings. The van der Waals surface area contributed by atoms with Gasteiger partial charge in [0, 0.05) is 23.3 Å². The fourth-order valence-electron chi connectivity index (χ4n) is 2.84. The minimum absolute atomic E-state index is 0.0859. The molecule has 0 aliphatic rings. The first-order valence-corrected chi connectivity index (χ1v) is 12.7. The fourth-order valence-corrected chi connectivity index (χ4v) is 4.46. The molecule has 8 heteroatoms. The quantitative estimate of drug-likeness (QED) is 0.388. The maximum Gasteiger partial charge on any atom is 0.242 e. The van der Waals surface area contributed by atoms with E-state index in [0.717, 1.165) is 15.6 Å². The largest absolute Gasteiger partial charge is 0.354 e. The lowest BCUT2D eigenvalue weighted by Gasteiger charge is -2.29. The average Bonchev–Trinajstić information content (AvgIpc) is 2.72. The van der Waals surface area contributed by atoms with Crippen LogP contribution in [0.15, 0.2) is 46.9 Å². The van der Waals surface area contributed by atoms with Crippen molar-refractivity contribution in [1.29, 1.82) is 0 Å². The first-order valence-electron chi connectivity index (χ1n) is 10.0. The Morgan fingerprint density at radius 2 is 1.81 bits per heavy atom. The van der Waals surface area contributed by atoms with Crippen molar-refractivity contribution < 1.29 is 9.59 Å². The summed E-state index contributed by atoms with van der Waals surface area (Å²) in [5.74, 6) is 0.994. The van der Waals surface area contributed by atoms with Gasteiger partial charge in [-0.15, -0.1) is 11.8 Å². The predicted octanol–water partition coefficient (Wildman–Crippen LogP) is 6.18. The van der Waals surface area contributed by atoms with E-state index in [2.05, 4.69) is 21.2 Å². The second-order valence-corrected chi connectivity index (χ2v) is 10.4. The van der Waals surface area contributed by atoms with E-state index in [0.29, 0.717) is 34.8 Å². The van der Waals surface area contributed by atoms with Crippen molar-refractivity contribution in [3.63, 3.8) is 0 Å². The van der Waals surface area contributed by atoms with Crippen LogP contribution < -0.4 is 5.32 Å². The zero-order chi connectivity index (χ0) is 23.0. The van der Waals surface area contributed by atoms with E-state index in [4.69, 9.17) is 23.2 Å². The van der Waals surface area contributed by atoms with Gasteiger partial charge < -0.3 is 10.2 Å². The van der Waals surface area contributed by atoms with Crippen molar-refractivity contribution in [3.05, 3.63) is 68.1 Å². The van der Waals surface area contributed by atoms with Gasteiger partial charge in [0.05, 0.1) is 15.8 Å². The van der Waals surface area contributed by atoms with Gasteiger partial charge in [-0.1, -0.05) is 71.2 Å². The molecule has 0 aromatic heterocycles. The summed E-state index contributed by atoms with van der Waals surface area (Å²) in [5, 5.41) is 3.94. The number of carbonyl (C=O) groups excluding carboxylic acids is 2. The summed E-state index contributed by atoms with van der Waals surface area (Å²) in [7, 11) is 0. The van der Waals surface area contributed by atoms with Crippen molar-refractivity contribution in [1.82, 2.24) is 10.2 Å². The van der Waals surface area contributed by atoms with Crippen LogP contribution in [-0.4, -0.2) is 35.1 Å². The van der Waals surface area contributed by atoms with E-state index in [1.165, 1.54) is 11.8 Å². The number of hydrogen-bond acceptors (Lipinski definition) is 3. The van der Waals surface area contributed by atoms with Gasteiger partial charge in [0.2, 0.25) is 11.8 Å². The highest BCUT2D eigenvalue weighted by molar-refractivity contribution is 9.10. The highest BCUT2D eigenvalue weighted by atomic mass is 79.9. The first kappa shape index (κ1) is 26.0. The Bertz CT molecular complexity index is 911. The lowest BCUT2D eigenvalue weighted by molar-refractivity contribution is -0.138. The number of nitrogens with zero attached hydrogens (tertiary/aromatic N) is 1. The second kappa shape index (κ2) is 12.7. The fraction of sp³-hybridized carbons (Fsp3) is 0.391. The third-order valence-corrected chi connectivity index (χ3v) is 6.79. The SMILES string of the molecule is CC(C)CNC(=O)C(C)N(Cc1cccc(Br)c1)C(=O)CSCc1ccc(Cl)c(Cl)c1. The molecule has 0 aliphatic carbocycles. The molecule has 168 valence electrons. The number of rotatable bonds is 10. The van der Waals surface area contributed by atoms with E-state index < -0.39 is 6.04 Å². The van der Waals surface area contributed by atoms with Crippen LogP contribution in [0.1, 0.15) is 31.9 Å². The molecule has 0 radical (unpaired) electrons. The molecule has 2 aromatic carbocycles. The van der Waals surface area contributed by atoms with E-state index >= 15 is 0 Å². The maximum absolute atomic E-state index is 13.1. The Labute approximate surface area is 207 Å². The van der Waals surface area contributed by atoms with Crippen LogP contribution in [0, 0.1) is 5.92 Å². The highest BCUT2D eigenvalue weighted by Gasteiger charge is 2.26. The number of nitrogens with one attached hydrogen (secondary N) is 1. The summed E-state index contributed by atoms with van der Waals surface area (Å²) in [6.07, 6.45) is 0. The number of halogens is 3. The summed E-state index contributed by atoms with van der Waals surface area (Å²) in [6, 6.07) is 12.6. The minimum Gasteiger partial charge on any atom is -0.354 e. The Morgan fingerprint density at radius 1 is 1.06 bits per heavy atom. The Balaban J connectivity index is 2.07. The Morgan fingerprint density at radius 3 is 2.45 bits per heavy atom. The molecule has 1 N–H and O–H groups in total. The number of thioether (sulfide) groups is 1. The summed E-state index contributed by atoms with van der Waals surface area (Å²) in [5.41, 5.74) is 1.95. The molecule has 2 rings (SSSR count).